The second-order valence-electron chi connectivity index (χ2n) is 7.33. The molecule has 0 saturated heterocycles. The lowest BCUT2D eigenvalue weighted by molar-refractivity contribution is -0.112. The number of rotatable bonds is 6. The molecule has 0 bridgehead atoms. The summed E-state index contributed by atoms with van der Waals surface area (Å²) in [4.78, 5) is 26.6. The van der Waals surface area contributed by atoms with E-state index in [0.29, 0.717) is 22.0 Å². The number of ether oxygens (including phenoxy) is 1. The van der Waals surface area contributed by atoms with Gasteiger partial charge in [0.25, 0.3) is 5.91 Å². The molecule has 0 fully saturated rings. The molecule has 2 N–H and O–H groups in total. The van der Waals surface area contributed by atoms with Crippen molar-refractivity contribution in [1.82, 2.24) is 10.2 Å². The quantitative estimate of drug-likeness (QED) is 0.323. The van der Waals surface area contributed by atoms with Gasteiger partial charge in [0.2, 0.25) is 0 Å². The second kappa shape index (κ2) is 9.62. The largest absolute Gasteiger partial charge is 0.462 e. The van der Waals surface area contributed by atoms with E-state index in [0.717, 1.165) is 41.7 Å². The van der Waals surface area contributed by atoms with E-state index in [9.17, 15) is 14.9 Å². The fourth-order valence-electron chi connectivity index (χ4n) is 3.72. The molecule has 2 heterocycles. The van der Waals surface area contributed by atoms with Gasteiger partial charge >= 0.3 is 5.97 Å². The Morgan fingerprint density at radius 2 is 2.06 bits per heavy atom. The number of H-pyrrole nitrogens is 1. The van der Waals surface area contributed by atoms with Crippen LogP contribution in [0.5, 0.6) is 0 Å². The molecule has 7 nitrogen and oxygen atoms in total. The van der Waals surface area contributed by atoms with Crippen molar-refractivity contribution >= 4 is 34.3 Å². The first-order valence-electron chi connectivity index (χ1n) is 10.5. The number of thiophene rings is 1. The smallest absolute Gasteiger partial charge is 0.341 e. The van der Waals surface area contributed by atoms with Crippen LogP contribution in [0.15, 0.2) is 42.0 Å². The molecule has 0 unspecified atom stereocenters. The number of nitrogens with zero attached hydrogens (tertiary/aromatic N) is 2. The van der Waals surface area contributed by atoms with Gasteiger partial charge in [-0.3, -0.25) is 9.89 Å². The first-order chi connectivity index (χ1) is 15.6. The van der Waals surface area contributed by atoms with Crippen LogP contribution in [0.2, 0.25) is 0 Å². The fourth-order valence-corrected chi connectivity index (χ4v) is 4.99. The van der Waals surface area contributed by atoms with E-state index >= 15 is 0 Å². The van der Waals surface area contributed by atoms with Crippen LogP contribution in [-0.4, -0.2) is 28.7 Å². The van der Waals surface area contributed by atoms with Crippen molar-refractivity contribution in [3.8, 4) is 17.3 Å². The molecule has 1 amide bonds. The number of carbonyl (C=O) groups is 2. The van der Waals surface area contributed by atoms with E-state index < -0.39 is 11.9 Å². The average Bonchev–Trinajstić information content (AvgIpc) is 3.42. The number of nitriles is 1. The number of aromatic nitrogens is 2. The average molecular weight is 447 g/mol. The monoisotopic (exact) mass is 446 g/mol. The van der Waals surface area contributed by atoms with Crippen LogP contribution in [-0.2, 0) is 22.4 Å². The molecule has 0 aliphatic heterocycles. The van der Waals surface area contributed by atoms with E-state index in [1.807, 2.05) is 36.4 Å². The van der Waals surface area contributed by atoms with Crippen LogP contribution < -0.4 is 5.32 Å². The molecule has 0 spiro atoms. The zero-order valence-corrected chi connectivity index (χ0v) is 18.4. The van der Waals surface area contributed by atoms with E-state index in [4.69, 9.17) is 4.74 Å². The Hall–Kier alpha value is -3.70. The number of aromatic amines is 1. The lowest BCUT2D eigenvalue weighted by atomic mass is 9.95. The third-order valence-corrected chi connectivity index (χ3v) is 6.42. The maximum atomic E-state index is 12.9. The molecule has 0 radical (unpaired) electrons. The summed E-state index contributed by atoms with van der Waals surface area (Å²) in [7, 11) is 0. The van der Waals surface area contributed by atoms with Crippen LogP contribution in [0.3, 0.4) is 0 Å². The van der Waals surface area contributed by atoms with Crippen LogP contribution in [0.25, 0.3) is 17.3 Å². The number of aryl methyl sites for hydroxylation is 1. The molecule has 1 aliphatic rings. The lowest BCUT2D eigenvalue weighted by Crippen LogP contribution is -2.16. The minimum Gasteiger partial charge on any atom is -0.462 e. The molecule has 1 aromatic carbocycles. The molecule has 4 rings (SSSR count). The van der Waals surface area contributed by atoms with Gasteiger partial charge in [0.15, 0.2) is 0 Å². The zero-order valence-electron chi connectivity index (χ0n) is 17.6. The molecular weight excluding hydrogens is 424 g/mol. The van der Waals surface area contributed by atoms with Crippen molar-refractivity contribution in [1.29, 1.82) is 5.26 Å². The minimum absolute atomic E-state index is 0.0885. The summed E-state index contributed by atoms with van der Waals surface area (Å²) in [5, 5.41) is 19.9. The molecule has 0 atom stereocenters. The number of hydrogen-bond acceptors (Lipinski definition) is 6. The number of anilines is 1. The van der Waals surface area contributed by atoms with Crippen molar-refractivity contribution in [2.24, 2.45) is 0 Å². The number of fused-ring (bicyclic) bond motifs is 1. The highest BCUT2D eigenvalue weighted by Crippen LogP contribution is 2.38. The van der Waals surface area contributed by atoms with Crippen molar-refractivity contribution in [2.45, 2.75) is 32.6 Å². The lowest BCUT2D eigenvalue weighted by Gasteiger charge is -2.12. The molecule has 3 aromatic rings. The van der Waals surface area contributed by atoms with E-state index in [1.54, 1.807) is 13.0 Å². The number of amides is 1. The summed E-state index contributed by atoms with van der Waals surface area (Å²) in [5.74, 6) is -1.02. The fraction of sp³-hybridized carbons (Fsp3) is 0.250. The standard InChI is InChI=1S/C24H22N4O3S/c1-2-31-24(30)21-18-10-6-7-11-20(18)32-23(21)26-22(29)16(14-25)12-17-13-19(28-27-17)15-8-4-3-5-9-15/h3-5,8-9,12-13H,2,6-7,10-11H2,1H3,(H,26,29)(H,27,28). The summed E-state index contributed by atoms with van der Waals surface area (Å²) in [6.45, 7) is 2.00. The Morgan fingerprint density at radius 1 is 1.28 bits per heavy atom. The van der Waals surface area contributed by atoms with Crippen LogP contribution >= 0.6 is 11.3 Å². The summed E-state index contributed by atoms with van der Waals surface area (Å²) in [6.07, 6.45) is 5.16. The second-order valence-corrected chi connectivity index (χ2v) is 8.44. The molecule has 162 valence electrons. The van der Waals surface area contributed by atoms with Gasteiger partial charge in [-0.1, -0.05) is 30.3 Å². The third-order valence-electron chi connectivity index (χ3n) is 5.21. The molecule has 8 heteroatoms. The Kier molecular flexibility index (Phi) is 6.47. The maximum absolute atomic E-state index is 12.9. The van der Waals surface area contributed by atoms with Gasteiger partial charge in [-0.25, -0.2) is 4.79 Å². The summed E-state index contributed by atoms with van der Waals surface area (Å²) >= 11 is 1.39. The highest BCUT2D eigenvalue weighted by atomic mass is 32.1. The molecule has 0 saturated carbocycles. The SMILES string of the molecule is CCOC(=O)c1c(NC(=O)C(C#N)=Cc2cc(-c3ccccc3)n[nH]2)sc2c1CCCC2. The number of benzene rings is 1. The van der Waals surface area contributed by atoms with Gasteiger partial charge in [-0.2, -0.15) is 10.4 Å². The van der Waals surface area contributed by atoms with Crippen molar-refractivity contribution in [3.05, 3.63) is 63.7 Å². The number of carbonyl (C=O) groups excluding carboxylic acids is 2. The number of hydrogen-bond donors (Lipinski definition) is 2. The first kappa shape index (κ1) is 21.5. The molecular formula is C24H22N4O3S. The van der Waals surface area contributed by atoms with Crippen LogP contribution in [0.1, 0.15) is 46.3 Å². The summed E-state index contributed by atoms with van der Waals surface area (Å²) in [5.41, 5.74) is 3.46. The highest BCUT2D eigenvalue weighted by Gasteiger charge is 2.27. The van der Waals surface area contributed by atoms with Crippen molar-refractivity contribution < 1.29 is 14.3 Å². The van der Waals surface area contributed by atoms with Crippen molar-refractivity contribution in [2.75, 3.05) is 11.9 Å². The molecule has 32 heavy (non-hydrogen) atoms. The van der Waals surface area contributed by atoms with E-state index in [2.05, 4.69) is 15.5 Å². The van der Waals surface area contributed by atoms with Gasteiger partial charge in [-0.15, -0.1) is 11.3 Å². The highest BCUT2D eigenvalue weighted by molar-refractivity contribution is 7.17. The van der Waals surface area contributed by atoms with Gasteiger partial charge in [0, 0.05) is 10.4 Å². The summed E-state index contributed by atoms with van der Waals surface area (Å²) in [6, 6.07) is 13.3. The topological polar surface area (TPSA) is 108 Å². The van der Waals surface area contributed by atoms with Gasteiger partial charge in [0.1, 0.15) is 16.6 Å². The predicted molar refractivity (Wildman–Crippen MR) is 123 cm³/mol. The molecule has 2 aromatic heterocycles. The van der Waals surface area contributed by atoms with Crippen LogP contribution in [0.4, 0.5) is 5.00 Å². The van der Waals surface area contributed by atoms with Gasteiger partial charge in [-0.05, 0) is 50.3 Å². The van der Waals surface area contributed by atoms with Gasteiger partial charge < -0.3 is 10.1 Å². The summed E-state index contributed by atoms with van der Waals surface area (Å²) < 4.78 is 5.23. The van der Waals surface area contributed by atoms with E-state index in [1.165, 1.54) is 17.4 Å². The Balaban J connectivity index is 1.59. The predicted octanol–water partition coefficient (Wildman–Crippen LogP) is 4.74. The van der Waals surface area contributed by atoms with E-state index in [-0.39, 0.29) is 12.2 Å². The third kappa shape index (κ3) is 4.48. The Bertz CT molecular complexity index is 1220. The Labute approximate surface area is 189 Å². The number of nitrogens with one attached hydrogen (secondary N) is 2. The first-order valence-corrected chi connectivity index (χ1v) is 11.3. The Morgan fingerprint density at radius 3 is 2.81 bits per heavy atom. The molecule has 1 aliphatic carbocycles. The van der Waals surface area contributed by atoms with Gasteiger partial charge in [0.05, 0.1) is 23.6 Å². The van der Waals surface area contributed by atoms with Crippen molar-refractivity contribution in [3.63, 3.8) is 0 Å². The maximum Gasteiger partial charge on any atom is 0.341 e. The zero-order chi connectivity index (χ0) is 22.5. The minimum atomic E-state index is -0.576. The normalized spacial score (nSPS) is 13.2. The number of esters is 1. The van der Waals surface area contributed by atoms with Crippen LogP contribution in [0, 0.1) is 11.3 Å².